The van der Waals surface area contributed by atoms with Crippen molar-refractivity contribution in [2.75, 3.05) is 0 Å². The second kappa shape index (κ2) is 11.2. The van der Waals surface area contributed by atoms with Crippen LogP contribution in [0.3, 0.4) is 0 Å². The Labute approximate surface area is 339 Å². The normalized spacial score (nSPS) is 13.8. The average molecular weight is 749 g/mol. The van der Waals surface area contributed by atoms with Crippen molar-refractivity contribution in [2.45, 2.75) is 11.8 Å². The van der Waals surface area contributed by atoms with Gasteiger partial charge in [0.25, 0.3) is 0 Å². The van der Waals surface area contributed by atoms with Gasteiger partial charge < -0.3 is 0 Å². The zero-order chi connectivity index (χ0) is 38.4. The highest BCUT2D eigenvalue weighted by Gasteiger charge is 2.50. The van der Waals surface area contributed by atoms with Crippen LogP contribution in [0.2, 0.25) is 0 Å². The van der Waals surface area contributed by atoms with Crippen molar-refractivity contribution in [3.05, 3.63) is 216 Å². The molecule has 0 atom stereocenters. The Balaban J connectivity index is 1.11. The topological polar surface area (TPSA) is 43.6 Å². The van der Waals surface area contributed by atoms with Gasteiger partial charge in [-0.05, 0) is 96.8 Å². The summed E-state index contributed by atoms with van der Waals surface area (Å²) in [5.41, 5.74) is 20.0. The lowest BCUT2D eigenvalue weighted by atomic mass is 9.62. The maximum Gasteiger partial charge on any atom is 0.235 e. The SMILES string of the molecule is c1ccc2c(c1)Cc1cccc(-c3nc(-n4c5ccccc5c5c6cncc7c6c(cc54)-c4ccccc4C74c5ccccc5-c5ccccc54)nc4ccccc34)c1-2. The fourth-order valence-corrected chi connectivity index (χ4v) is 11.3. The molecule has 3 aliphatic carbocycles. The largest absolute Gasteiger partial charge is 0.278 e. The second-order valence-electron chi connectivity index (χ2n) is 16.2. The zero-order valence-electron chi connectivity index (χ0n) is 31.8. The van der Waals surface area contributed by atoms with Crippen LogP contribution in [-0.2, 0) is 11.8 Å². The predicted molar refractivity (Wildman–Crippen MR) is 239 cm³/mol. The van der Waals surface area contributed by atoms with Gasteiger partial charge in [-0.25, -0.2) is 9.97 Å². The maximum atomic E-state index is 5.62. The summed E-state index contributed by atoms with van der Waals surface area (Å²) in [5, 5.41) is 5.75. The van der Waals surface area contributed by atoms with E-state index in [-0.39, 0.29) is 0 Å². The van der Waals surface area contributed by atoms with Crippen LogP contribution in [0.15, 0.2) is 182 Å². The second-order valence-corrected chi connectivity index (χ2v) is 16.2. The van der Waals surface area contributed by atoms with E-state index in [1.807, 2.05) is 0 Å². The van der Waals surface area contributed by atoms with E-state index in [2.05, 4.69) is 187 Å². The fraction of sp³-hybridized carbons (Fsp3) is 0.0364. The van der Waals surface area contributed by atoms with Crippen LogP contribution in [0.4, 0.5) is 0 Å². The average Bonchev–Trinajstić information content (AvgIpc) is 3.95. The molecule has 3 heterocycles. The van der Waals surface area contributed by atoms with Gasteiger partial charge in [-0.15, -0.1) is 0 Å². The highest BCUT2D eigenvalue weighted by atomic mass is 15.2. The van der Waals surface area contributed by atoms with Gasteiger partial charge in [-0.3, -0.25) is 9.55 Å². The molecule has 0 saturated heterocycles. The molecule has 1 spiro atoms. The number of aromatic nitrogens is 4. The highest BCUT2D eigenvalue weighted by Crippen LogP contribution is 2.62. The van der Waals surface area contributed by atoms with Gasteiger partial charge >= 0.3 is 0 Å². The van der Waals surface area contributed by atoms with E-state index in [0.29, 0.717) is 5.95 Å². The summed E-state index contributed by atoms with van der Waals surface area (Å²) in [6.07, 6.45) is 5.15. The van der Waals surface area contributed by atoms with Gasteiger partial charge in [0, 0.05) is 39.5 Å². The molecular weight excluding hydrogens is 717 g/mol. The van der Waals surface area contributed by atoms with Gasteiger partial charge in [0.05, 0.1) is 27.7 Å². The van der Waals surface area contributed by atoms with Crippen molar-refractivity contribution >= 4 is 43.5 Å². The number of fused-ring (bicyclic) bond motifs is 17. The lowest BCUT2D eigenvalue weighted by Gasteiger charge is -2.39. The number of nitrogens with zero attached hydrogens (tertiary/aromatic N) is 4. The number of rotatable bonds is 2. The molecule has 0 amide bonds. The van der Waals surface area contributed by atoms with Crippen molar-refractivity contribution in [2.24, 2.45) is 0 Å². The monoisotopic (exact) mass is 748 g/mol. The van der Waals surface area contributed by atoms with Gasteiger partial charge in [0.15, 0.2) is 0 Å². The summed E-state index contributed by atoms with van der Waals surface area (Å²) in [4.78, 5) is 16.2. The van der Waals surface area contributed by atoms with Crippen LogP contribution in [0.1, 0.15) is 33.4 Å². The number of hydrogen-bond donors (Lipinski definition) is 0. The minimum atomic E-state index is -0.514. The lowest BCUT2D eigenvalue weighted by molar-refractivity contribution is 0.768. The number of para-hydroxylation sites is 2. The first-order valence-corrected chi connectivity index (χ1v) is 20.4. The van der Waals surface area contributed by atoms with E-state index in [1.165, 1.54) is 72.1 Å². The lowest BCUT2D eigenvalue weighted by Crippen LogP contribution is -2.32. The highest BCUT2D eigenvalue weighted by molar-refractivity contribution is 6.26. The zero-order valence-corrected chi connectivity index (χ0v) is 31.8. The number of benzene rings is 8. The molecule has 0 bridgehead atoms. The van der Waals surface area contributed by atoms with Crippen molar-refractivity contribution in [1.82, 2.24) is 19.5 Å². The Morgan fingerprint density at radius 3 is 1.81 bits per heavy atom. The molecular formula is C55H32N4. The molecule has 0 fully saturated rings. The maximum absolute atomic E-state index is 5.62. The van der Waals surface area contributed by atoms with Crippen molar-refractivity contribution in [1.29, 1.82) is 0 Å². The van der Waals surface area contributed by atoms with E-state index in [4.69, 9.17) is 15.0 Å². The molecule has 4 heteroatoms. The Morgan fingerprint density at radius 2 is 1.03 bits per heavy atom. The molecule has 0 unspecified atom stereocenters. The summed E-state index contributed by atoms with van der Waals surface area (Å²) < 4.78 is 2.30. The first kappa shape index (κ1) is 31.4. The Kier molecular flexibility index (Phi) is 5.98. The Morgan fingerprint density at radius 1 is 0.424 bits per heavy atom. The molecule has 14 rings (SSSR count). The molecule has 11 aromatic rings. The number of pyridine rings is 1. The minimum absolute atomic E-state index is 0.514. The van der Waals surface area contributed by atoms with Gasteiger partial charge in [-0.1, -0.05) is 152 Å². The third kappa shape index (κ3) is 3.86. The van der Waals surface area contributed by atoms with Crippen LogP contribution < -0.4 is 0 Å². The van der Waals surface area contributed by atoms with Crippen LogP contribution in [0.25, 0.3) is 94.1 Å². The Hall–Kier alpha value is -7.69. The van der Waals surface area contributed by atoms with Crippen LogP contribution >= 0.6 is 0 Å². The molecule has 3 aromatic heterocycles. The van der Waals surface area contributed by atoms with Crippen molar-refractivity contribution in [3.8, 4) is 50.6 Å². The van der Waals surface area contributed by atoms with Crippen molar-refractivity contribution < 1.29 is 0 Å². The summed E-state index contributed by atoms with van der Waals surface area (Å²) >= 11 is 0. The Bertz CT molecular complexity index is 3620. The molecule has 0 saturated carbocycles. The third-order valence-corrected chi connectivity index (χ3v) is 13.5. The van der Waals surface area contributed by atoms with E-state index in [9.17, 15) is 0 Å². The molecule has 4 nitrogen and oxygen atoms in total. The van der Waals surface area contributed by atoms with E-state index in [0.717, 1.165) is 55.8 Å². The molecule has 272 valence electrons. The van der Waals surface area contributed by atoms with Crippen LogP contribution in [0, 0.1) is 0 Å². The standard InChI is InChI=1S/C55H32N4/c1-2-16-34-32(14-1)28-33-15-13-22-40(50(33)34)53-38-20-6-11-26-47(38)57-54(58-53)59-48-27-12-7-21-39(48)52-42-30-56-31-46-51(42)41(29-49(52)59)37-19-5-10-25-45(37)55(46)43-23-8-3-17-35(43)36-18-4-9-24-44(36)55/h1-27,29-31H,28H2. The summed E-state index contributed by atoms with van der Waals surface area (Å²) in [6, 6.07) is 62.1. The molecule has 8 aromatic carbocycles. The van der Waals surface area contributed by atoms with E-state index >= 15 is 0 Å². The predicted octanol–water partition coefficient (Wildman–Crippen LogP) is 12.9. The van der Waals surface area contributed by atoms with Crippen LogP contribution in [0.5, 0.6) is 0 Å². The van der Waals surface area contributed by atoms with Gasteiger partial charge in [0.2, 0.25) is 5.95 Å². The summed E-state index contributed by atoms with van der Waals surface area (Å²) in [7, 11) is 0. The summed E-state index contributed by atoms with van der Waals surface area (Å²) in [6.45, 7) is 0. The molecule has 0 aliphatic heterocycles. The summed E-state index contributed by atoms with van der Waals surface area (Å²) in [5.74, 6) is 0.656. The van der Waals surface area contributed by atoms with Gasteiger partial charge in [0.1, 0.15) is 0 Å². The molecule has 59 heavy (non-hydrogen) atoms. The number of hydrogen-bond acceptors (Lipinski definition) is 3. The molecule has 0 N–H and O–H groups in total. The first-order chi connectivity index (χ1) is 29.3. The smallest absolute Gasteiger partial charge is 0.235 e. The van der Waals surface area contributed by atoms with E-state index in [1.54, 1.807) is 0 Å². The first-order valence-electron chi connectivity index (χ1n) is 20.4. The fourth-order valence-electron chi connectivity index (χ4n) is 11.3. The third-order valence-electron chi connectivity index (χ3n) is 13.5. The minimum Gasteiger partial charge on any atom is -0.278 e. The molecule has 3 aliphatic rings. The van der Waals surface area contributed by atoms with Gasteiger partial charge in [-0.2, -0.15) is 0 Å². The quantitative estimate of drug-likeness (QED) is 0.177. The van der Waals surface area contributed by atoms with Crippen LogP contribution in [-0.4, -0.2) is 19.5 Å². The van der Waals surface area contributed by atoms with E-state index < -0.39 is 5.41 Å². The molecule has 0 radical (unpaired) electrons. The van der Waals surface area contributed by atoms with Crippen molar-refractivity contribution in [3.63, 3.8) is 0 Å².